The van der Waals surface area contributed by atoms with Crippen molar-refractivity contribution in [3.63, 3.8) is 0 Å². The van der Waals surface area contributed by atoms with Gasteiger partial charge in [-0.15, -0.1) is 0 Å². The largest absolute Gasteiger partial charge is 0.491 e. The van der Waals surface area contributed by atoms with Crippen LogP contribution in [-0.4, -0.2) is 178 Å². The molecular formula is C33H59NO14. The summed E-state index contributed by atoms with van der Waals surface area (Å²) in [5, 5.41) is 0. The zero-order valence-corrected chi connectivity index (χ0v) is 28.6. The molecule has 0 unspecified atom stereocenters. The first-order valence-electron chi connectivity index (χ1n) is 16.7. The molecule has 1 aromatic carbocycles. The summed E-state index contributed by atoms with van der Waals surface area (Å²) >= 11 is 0. The predicted octanol–water partition coefficient (Wildman–Crippen LogP) is 1.04. The fourth-order valence-electron chi connectivity index (χ4n) is 3.47. The van der Waals surface area contributed by atoms with E-state index in [0.717, 1.165) is 6.29 Å². The summed E-state index contributed by atoms with van der Waals surface area (Å²) in [6.45, 7) is 13.1. The lowest BCUT2D eigenvalue weighted by Gasteiger charge is -2.09. The van der Waals surface area contributed by atoms with Gasteiger partial charge in [-0.3, -0.25) is 4.79 Å². The second-order valence-electron chi connectivity index (χ2n) is 9.67. The fourth-order valence-corrected chi connectivity index (χ4v) is 3.47. The molecule has 0 amide bonds. The van der Waals surface area contributed by atoms with Crippen LogP contribution in [0, 0.1) is 0 Å². The Morgan fingerprint density at radius 2 is 0.583 bits per heavy atom. The van der Waals surface area contributed by atoms with Crippen LogP contribution in [-0.2, 0) is 56.8 Å². The number of hydrogen-bond acceptors (Lipinski definition) is 15. The Bertz CT molecular complexity index is 777. The van der Waals surface area contributed by atoms with E-state index in [1.54, 1.807) is 24.3 Å². The Labute approximate surface area is 285 Å². The molecule has 0 saturated carbocycles. The van der Waals surface area contributed by atoms with E-state index >= 15 is 0 Å². The van der Waals surface area contributed by atoms with Gasteiger partial charge in [0.05, 0.1) is 159 Å². The second-order valence-corrected chi connectivity index (χ2v) is 9.67. The van der Waals surface area contributed by atoms with Crippen LogP contribution in [0.2, 0.25) is 0 Å². The first-order valence-corrected chi connectivity index (χ1v) is 16.7. The number of carbonyl (C=O) groups is 1. The van der Waals surface area contributed by atoms with Crippen molar-refractivity contribution in [2.75, 3.05) is 172 Å². The maximum absolute atomic E-state index is 10.6. The average Bonchev–Trinajstić information content (AvgIpc) is 3.11. The minimum atomic E-state index is 0.429. The standard InChI is InChI=1S/C33H59NO14/c34-5-6-36-7-8-37-9-10-38-11-12-39-13-14-40-15-16-41-17-18-42-19-20-43-21-22-44-23-24-45-25-26-46-27-28-47-29-30-48-33-3-1-32(31-35)2-4-33/h1-4,31H,5-30,34H2. The zero-order chi connectivity index (χ0) is 34.3. The van der Waals surface area contributed by atoms with Gasteiger partial charge in [-0.05, 0) is 24.3 Å². The van der Waals surface area contributed by atoms with Crippen molar-refractivity contribution in [1.82, 2.24) is 0 Å². The van der Waals surface area contributed by atoms with Crippen molar-refractivity contribution in [3.8, 4) is 5.75 Å². The molecule has 0 aliphatic rings. The molecule has 0 aromatic heterocycles. The van der Waals surface area contributed by atoms with Gasteiger partial charge in [0.1, 0.15) is 18.6 Å². The molecule has 0 atom stereocenters. The van der Waals surface area contributed by atoms with E-state index in [4.69, 9.17) is 67.3 Å². The molecule has 0 aliphatic heterocycles. The summed E-state index contributed by atoms with van der Waals surface area (Å²) in [5.74, 6) is 0.702. The van der Waals surface area contributed by atoms with Crippen molar-refractivity contribution in [3.05, 3.63) is 29.8 Å². The molecule has 0 saturated heterocycles. The second kappa shape index (κ2) is 38.0. The van der Waals surface area contributed by atoms with Gasteiger partial charge in [0.2, 0.25) is 0 Å². The number of ether oxygens (including phenoxy) is 13. The van der Waals surface area contributed by atoms with Crippen molar-refractivity contribution < 1.29 is 66.4 Å². The van der Waals surface area contributed by atoms with E-state index in [1.807, 2.05) is 0 Å². The molecule has 0 fully saturated rings. The van der Waals surface area contributed by atoms with Gasteiger partial charge in [-0.25, -0.2) is 0 Å². The van der Waals surface area contributed by atoms with Gasteiger partial charge in [-0.2, -0.15) is 0 Å². The lowest BCUT2D eigenvalue weighted by molar-refractivity contribution is -0.0284. The van der Waals surface area contributed by atoms with E-state index in [-0.39, 0.29) is 0 Å². The average molecular weight is 694 g/mol. The van der Waals surface area contributed by atoms with E-state index in [0.29, 0.717) is 183 Å². The lowest BCUT2D eigenvalue weighted by atomic mass is 10.2. The number of benzene rings is 1. The Balaban J connectivity index is 1.63. The summed E-state index contributed by atoms with van der Waals surface area (Å²) in [6, 6.07) is 6.93. The van der Waals surface area contributed by atoms with Crippen LogP contribution in [0.5, 0.6) is 5.75 Å². The molecule has 0 radical (unpaired) electrons. The molecule has 15 heteroatoms. The molecule has 0 spiro atoms. The number of nitrogens with two attached hydrogens (primary N) is 1. The van der Waals surface area contributed by atoms with E-state index in [9.17, 15) is 4.79 Å². The highest BCUT2D eigenvalue weighted by molar-refractivity contribution is 5.74. The monoisotopic (exact) mass is 693 g/mol. The first kappa shape index (κ1) is 44.2. The Morgan fingerprint density at radius 3 is 0.812 bits per heavy atom. The van der Waals surface area contributed by atoms with Gasteiger partial charge in [0, 0.05) is 12.1 Å². The third-order valence-corrected chi connectivity index (χ3v) is 5.87. The van der Waals surface area contributed by atoms with Gasteiger partial charge >= 0.3 is 0 Å². The Kier molecular flexibility index (Phi) is 35.0. The number of rotatable bonds is 40. The van der Waals surface area contributed by atoms with Gasteiger partial charge in [-0.1, -0.05) is 0 Å². The zero-order valence-electron chi connectivity index (χ0n) is 28.6. The third-order valence-electron chi connectivity index (χ3n) is 5.87. The number of carbonyl (C=O) groups excluding carboxylic acids is 1. The summed E-state index contributed by atoms with van der Waals surface area (Å²) in [6.07, 6.45) is 0.797. The smallest absolute Gasteiger partial charge is 0.150 e. The van der Waals surface area contributed by atoms with E-state index in [2.05, 4.69) is 0 Å². The minimum Gasteiger partial charge on any atom is -0.491 e. The third kappa shape index (κ3) is 32.7. The Hall–Kier alpha value is -1.83. The molecule has 15 nitrogen and oxygen atoms in total. The van der Waals surface area contributed by atoms with E-state index < -0.39 is 0 Å². The maximum Gasteiger partial charge on any atom is 0.150 e. The van der Waals surface area contributed by atoms with Crippen LogP contribution in [0.1, 0.15) is 10.4 Å². The summed E-state index contributed by atoms with van der Waals surface area (Å²) < 4.78 is 70.7. The van der Waals surface area contributed by atoms with Crippen molar-refractivity contribution in [2.24, 2.45) is 5.73 Å². The highest BCUT2D eigenvalue weighted by atomic mass is 16.6. The molecule has 2 N–H and O–H groups in total. The molecule has 48 heavy (non-hydrogen) atoms. The molecule has 0 aliphatic carbocycles. The topological polar surface area (TPSA) is 163 Å². The molecule has 280 valence electrons. The lowest BCUT2D eigenvalue weighted by Crippen LogP contribution is -2.16. The quantitative estimate of drug-likeness (QED) is 0.0766. The van der Waals surface area contributed by atoms with Gasteiger partial charge in [0.25, 0.3) is 0 Å². The van der Waals surface area contributed by atoms with Crippen molar-refractivity contribution in [2.45, 2.75) is 0 Å². The van der Waals surface area contributed by atoms with Crippen LogP contribution < -0.4 is 10.5 Å². The predicted molar refractivity (Wildman–Crippen MR) is 176 cm³/mol. The van der Waals surface area contributed by atoms with Crippen LogP contribution in [0.25, 0.3) is 0 Å². The van der Waals surface area contributed by atoms with E-state index in [1.165, 1.54) is 0 Å². The molecule has 1 rings (SSSR count). The number of aldehydes is 1. The van der Waals surface area contributed by atoms with Crippen molar-refractivity contribution >= 4 is 6.29 Å². The van der Waals surface area contributed by atoms with Crippen LogP contribution in [0.3, 0.4) is 0 Å². The normalized spacial score (nSPS) is 11.4. The van der Waals surface area contributed by atoms with Crippen LogP contribution in [0.15, 0.2) is 24.3 Å². The van der Waals surface area contributed by atoms with Gasteiger partial charge < -0.3 is 67.3 Å². The molecule has 0 heterocycles. The van der Waals surface area contributed by atoms with Crippen LogP contribution in [0.4, 0.5) is 0 Å². The summed E-state index contributed by atoms with van der Waals surface area (Å²) in [7, 11) is 0. The highest BCUT2D eigenvalue weighted by Gasteiger charge is 1.98. The first-order chi connectivity index (χ1) is 23.9. The molecule has 0 bridgehead atoms. The molecule has 1 aromatic rings. The van der Waals surface area contributed by atoms with Crippen LogP contribution >= 0.6 is 0 Å². The molecular weight excluding hydrogens is 634 g/mol. The summed E-state index contributed by atoms with van der Waals surface area (Å²) in [5.41, 5.74) is 5.95. The Morgan fingerprint density at radius 1 is 0.354 bits per heavy atom. The summed E-state index contributed by atoms with van der Waals surface area (Å²) in [4.78, 5) is 10.6. The number of hydrogen-bond donors (Lipinski definition) is 1. The maximum atomic E-state index is 10.6. The van der Waals surface area contributed by atoms with Crippen molar-refractivity contribution in [1.29, 1.82) is 0 Å². The highest BCUT2D eigenvalue weighted by Crippen LogP contribution is 2.10. The minimum absolute atomic E-state index is 0.429. The van der Waals surface area contributed by atoms with Gasteiger partial charge in [0.15, 0.2) is 0 Å². The SMILES string of the molecule is NCCOCCOCCOCCOCCOCCOCCOCCOCCOCCOCCOCCOCCOc1ccc(C=O)cc1. The fraction of sp³-hybridized carbons (Fsp3) is 0.788.